The molecular formula is C28H30ClN7O2. The van der Waals surface area contributed by atoms with Gasteiger partial charge in [0, 0.05) is 44.3 Å². The molecule has 1 aliphatic rings. The van der Waals surface area contributed by atoms with Gasteiger partial charge in [0.1, 0.15) is 5.75 Å². The number of hydrogen-bond acceptors (Lipinski definition) is 7. The highest BCUT2D eigenvalue weighted by atomic mass is 35.5. The SMILES string of the molecule is O=C(Nc1nn[nH]n1)c1ccccc1OCCCN1CCN(Cc2ccccc2-c2ccc(Cl)cc2)CC1. The molecule has 0 radical (unpaired) electrons. The first-order valence-electron chi connectivity index (χ1n) is 12.7. The van der Waals surface area contributed by atoms with Gasteiger partial charge in [-0.05, 0) is 52.6 Å². The summed E-state index contributed by atoms with van der Waals surface area (Å²) in [6, 6.07) is 23.8. The second kappa shape index (κ2) is 12.6. The Labute approximate surface area is 226 Å². The van der Waals surface area contributed by atoms with Crippen molar-refractivity contribution >= 4 is 23.5 Å². The van der Waals surface area contributed by atoms with Crippen LogP contribution in [0.5, 0.6) is 5.75 Å². The number of carbonyl (C=O) groups is 1. The van der Waals surface area contributed by atoms with Gasteiger partial charge in [-0.1, -0.05) is 65.2 Å². The molecule has 3 aromatic carbocycles. The number of para-hydroxylation sites is 1. The maximum atomic E-state index is 12.6. The predicted molar refractivity (Wildman–Crippen MR) is 147 cm³/mol. The zero-order chi connectivity index (χ0) is 26.2. The molecule has 1 fully saturated rings. The van der Waals surface area contributed by atoms with Crippen molar-refractivity contribution in [3.63, 3.8) is 0 Å². The summed E-state index contributed by atoms with van der Waals surface area (Å²) in [6.07, 6.45) is 0.875. The Morgan fingerprint density at radius 1 is 0.947 bits per heavy atom. The van der Waals surface area contributed by atoms with Gasteiger partial charge in [-0.25, -0.2) is 0 Å². The van der Waals surface area contributed by atoms with E-state index < -0.39 is 0 Å². The minimum Gasteiger partial charge on any atom is -0.493 e. The topological polar surface area (TPSA) is 99.3 Å². The Hall–Kier alpha value is -3.79. The Bertz CT molecular complexity index is 1320. The zero-order valence-corrected chi connectivity index (χ0v) is 21.8. The third kappa shape index (κ3) is 6.74. The largest absolute Gasteiger partial charge is 0.493 e. The van der Waals surface area contributed by atoms with Crippen molar-refractivity contribution in [2.24, 2.45) is 0 Å². The molecule has 5 rings (SSSR count). The average Bonchev–Trinajstić information content (AvgIpc) is 3.46. The highest BCUT2D eigenvalue weighted by molar-refractivity contribution is 6.30. The summed E-state index contributed by atoms with van der Waals surface area (Å²) in [5, 5.41) is 16.6. The number of carbonyl (C=O) groups excluding carboxylic acids is 1. The van der Waals surface area contributed by atoms with Gasteiger partial charge in [0.25, 0.3) is 11.9 Å². The van der Waals surface area contributed by atoms with Crippen LogP contribution in [0.25, 0.3) is 11.1 Å². The minimum absolute atomic E-state index is 0.123. The van der Waals surface area contributed by atoms with Crippen LogP contribution >= 0.6 is 11.6 Å². The monoisotopic (exact) mass is 531 g/mol. The Morgan fingerprint density at radius 3 is 2.47 bits per heavy atom. The number of aromatic nitrogens is 4. The number of halogens is 1. The number of tetrazole rings is 1. The number of rotatable bonds is 10. The standard InChI is InChI=1S/C28H30ClN7O2/c29-23-12-10-21(11-13-23)24-7-2-1-6-22(24)20-36-17-15-35(16-18-36)14-5-19-38-26-9-4-3-8-25(26)27(37)30-28-31-33-34-32-28/h1-4,6-13H,5,14-20H2,(H2,30,31,32,33,34,37). The lowest BCUT2D eigenvalue weighted by molar-refractivity contribution is 0.102. The maximum absolute atomic E-state index is 12.6. The second-order valence-corrected chi connectivity index (χ2v) is 9.61. The molecule has 1 aromatic heterocycles. The van der Waals surface area contributed by atoms with E-state index in [0.717, 1.165) is 50.7 Å². The summed E-state index contributed by atoms with van der Waals surface area (Å²) >= 11 is 6.08. The van der Waals surface area contributed by atoms with Crippen molar-refractivity contribution in [2.45, 2.75) is 13.0 Å². The van der Waals surface area contributed by atoms with Crippen LogP contribution in [0.4, 0.5) is 5.95 Å². The van der Waals surface area contributed by atoms with E-state index in [9.17, 15) is 4.79 Å². The van der Waals surface area contributed by atoms with E-state index in [1.165, 1.54) is 16.7 Å². The number of benzene rings is 3. The van der Waals surface area contributed by atoms with E-state index in [4.69, 9.17) is 16.3 Å². The molecule has 0 bridgehead atoms. The molecule has 9 nitrogen and oxygen atoms in total. The lowest BCUT2D eigenvalue weighted by Crippen LogP contribution is -2.46. The van der Waals surface area contributed by atoms with E-state index in [2.05, 4.69) is 72.1 Å². The molecule has 0 unspecified atom stereocenters. The summed E-state index contributed by atoms with van der Waals surface area (Å²) in [5.74, 6) is 0.325. The fourth-order valence-corrected chi connectivity index (χ4v) is 4.74. The van der Waals surface area contributed by atoms with E-state index in [0.29, 0.717) is 17.9 Å². The Balaban J connectivity index is 1.07. The van der Waals surface area contributed by atoms with Gasteiger partial charge in [0.15, 0.2) is 0 Å². The number of aromatic amines is 1. The van der Waals surface area contributed by atoms with Crippen LogP contribution in [-0.2, 0) is 6.54 Å². The van der Waals surface area contributed by atoms with Crippen molar-refractivity contribution in [1.82, 2.24) is 30.4 Å². The third-order valence-corrected chi connectivity index (χ3v) is 6.86. The summed E-state index contributed by atoms with van der Waals surface area (Å²) in [4.78, 5) is 17.5. The van der Waals surface area contributed by atoms with Gasteiger partial charge in [-0.15, -0.1) is 5.10 Å². The summed E-state index contributed by atoms with van der Waals surface area (Å²) in [6.45, 7) is 6.50. The van der Waals surface area contributed by atoms with Crippen molar-refractivity contribution in [2.75, 3.05) is 44.6 Å². The number of H-pyrrole nitrogens is 1. The first-order valence-corrected chi connectivity index (χ1v) is 13.1. The molecule has 1 amide bonds. The van der Waals surface area contributed by atoms with Crippen LogP contribution in [0.3, 0.4) is 0 Å². The smallest absolute Gasteiger partial charge is 0.270 e. The number of hydrogen-bond donors (Lipinski definition) is 2. The molecule has 0 aliphatic carbocycles. The van der Waals surface area contributed by atoms with Gasteiger partial charge in [0.05, 0.1) is 12.2 Å². The molecule has 0 spiro atoms. The summed E-state index contributed by atoms with van der Waals surface area (Å²) in [7, 11) is 0. The number of nitrogens with one attached hydrogen (secondary N) is 2. The highest BCUT2D eigenvalue weighted by Gasteiger charge is 2.18. The van der Waals surface area contributed by atoms with Crippen molar-refractivity contribution in [3.05, 3.63) is 88.9 Å². The molecule has 2 N–H and O–H groups in total. The van der Waals surface area contributed by atoms with E-state index in [1.54, 1.807) is 18.2 Å². The number of ether oxygens (including phenoxy) is 1. The molecule has 1 aliphatic heterocycles. The van der Waals surface area contributed by atoms with Crippen molar-refractivity contribution in [1.29, 1.82) is 0 Å². The summed E-state index contributed by atoms with van der Waals surface area (Å²) < 4.78 is 5.96. The fourth-order valence-electron chi connectivity index (χ4n) is 4.62. The van der Waals surface area contributed by atoms with E-state index >= 15 is 0 Å². The van der Waals surface area contributed by atoms with Crippen molar-refractivity contribution in [3.8, 4) is 16.9 Å². The van der Waals surface area contributed by atoms with Crippen LogP contribution in [0.1, 0.15) is 22.3 Å². The molecule has 0 saturated carbocycles. The number of piperazine rings is 1. The third-order valence-electron chi connectivity index (χ3n) is 6.61. The van der Waals surface area contributed by atoms with E-state index in [-0.39, 0.29) is 11.9 Å². The maximum Gasteiger partial charge on any atom is 0.270 e. The first-order chi connectivity index (χ1) is 18.7. The lowest BCUT2D eigenvalue weighted by atomic mass is 9.99. The van der Waals surface area contributed by atoms with Crippen LogP contribution < -0.4 is 10.1 Å². The molecule has 38 heavy (non-hydrogen) atoms. The predicted octanol–water partition coefficient (Wildman–Crippen LogP) is 4.36. The van der Waals surface area contributed by atoms with Gasteiger partial charge in [-0.3, -0.25) is 15.0 Å². The number of nitrogens with zero attached hydrogens (tertiary/aromatic N) is 5. The molecule has 1 saturated heterocycles. The molecule has 196 valence electrons. The molecular weight excluding hydrogens is 502 g/mol. The second-order valence-electron chi connectivity index (χ2n) is 9.17. The van der Waals surface area contributed by atoms with Gasteiger partial charge in [0.2, 0.25) is 0 Å². The van der Waals surface area contributed by atoms with Crippen LogP contribution in [0, 0.1) is 0 Å². The van der Waals surface area contributed by atoms with Gasteiger partial charge in [-0.2, -0.15) is 5.21 Å². The van der Waals surface area contributed by atoms with Crippen molar-refractivity contribution < 1.29 is 9.53 Å². The fraction of sp³-hybridized carbons (Fsp3) is 0.286. The Morgan fingerprint density at radius 2 is 1.68 bits per heavy atom. The number of amides is 1. The molecule has 10 heteroatoms. The van der Waals surface area contributed by atoms with Crippen LogP contribution in [0.2, 0.25) is 5.02 Å². The minimum atomic E-state index is -0.337. The van der Waals surface area contributed by atoms with E-state index in [1.807, 2.05) is 18.2 Å². The molecule has 2 heterocycles. The molecule has 0 atom stereocenters. The lowest BCUT2D eigenvalue weighted by Gasteiger charge is -2.35. The highest BCUT2D eigenvalue weighted by Crippen LogP contribution is 2.26. The quantitative estimate of drug-likeness (QED) is 0.293. The van der Waals surface area contributed by atoms with Gasteiger partial charge < -0.3 is 9.64 Å². The van der Waals surface area contributed by atoms with Crippen LogP contribution in [0.15, 0.2) is 72.8 Å². The van der Waals surface area contributed by atoms with Gasteiger partial charge >= 0.3 is 0 Å². The van der Waals surface area contributed by atoms with Crippen LogP contribution in [-0.4, -0.2) is 75.7 Å². The summed E-state index contributed by atoms with van der Waals surface area (Å²) in [5.41, 5.74) is 4.22. The normalized spacial score (nSPS) is 14.3. The number of anilines is 1. The zero-order valence-electron chi connectivity index (χ0n) is 21.0. The average molecular weight is 532 g/mol. The molecule has 4 aromatic rings. The first kappa shape index (κ1) is 25.8. The Kier molecular flexibility index (Phi) is 8.60.